The molecule has 226 valence electrons. The van der Waals surface area contributed by atoms with Crippen LogP contribution in [0, 0.1) is 0 Å². The van der Waals surface area contributed by atoms with Gasteiger partial charge in [-0.1, -0.05) is 30.3 Å². The molecule has 0 unspecified atom stereocenters. The minimum atomic E-state index is -4.93. The summed E-state index contributed by atoms with van der Waals surface area (Å²) in [6.07, 6.45) is 7.67. The second-order valence-corrected chi connectivity index (χ2v) is 13.3. The first-order valence-corrected chi connectivity index (χ1v) is 16.4. The third-order valence-corrected chi connectivity index (χ3v) is 8.89. The minimum absolute atomic E-state index is 0. The topological polar surface area (TPSA) is 121 Å². The number of anilines is 2. The van der Waals surface area contributed by atoms with Gasteiger partial charge in [-0.05, 0) is 77.7 Å². The molecule has 0 radical (unpaired) electrons. The van der Waals surface area contributed by atoms with Crippen molar-refractivity contribution in [3.05, 3.63) is 113 Å². The molecule has 0 aliphatic heterocycles. The number of hydrogen-bond donors (Lipinski definition) is 1. The summed E-state index contributed by atoms with van der Waals surface area (Å²) in [6.45, 7) is 2.51. The fourth-order valence-corrected chi connectivity index (χ4v) is 6.12. The van der Waals surface area contributed by atoms with Crippen LogP contribution in [0.3, 0.4) is 0 Å². The molecule has 0 atom stereocenters. The van der Waals surface area contributed by atoms with Crippen molar-refractivity contribution in [2.24, 2.45) is 0 Å². The molecule has 0 aromatic heterocycles. The summed E-state index contributed by atoms with van der Waals surface area (Å²) in [5.41, 5.74) is 5.36. The summed E-state index contributed by atoms with van der Waals surface area (Å²) in [5, 5.41) is 0. The van der Waals surface area contributed by atoms with Crippen molar-refractivity contribution < 1.29 is 60.1 Å². The van der Waals surface area contributed by atoms with Gasteiger partial charge in [0.1, 0.15) is 24.2 Å². The Balaban J connectivity index is 0.00000529. The second kappa shape index (κ2) is 14.4. The van der Waals surface area contributed by atoms with E-state index in [0.29, 0.717) is 23.4 Å². The van der Waals surface area contributed by atoms with E-state index in [2.05, 4.69) is 0 Å². The van der Waals surface area contributed by atoms with E-state index in [1.165, 1.54) is 24.3 Å². The van der Waals surface area contributed by atoms with E-state index in [1.54, 1.807) is 18.2 Å². The minimum Gasteiger partial charge on any atom is -0.744 e. The van der Waals surface area contributed by atoms with Gasteiger partial charge in [0, 0.05) is 56.3 Å². The molecule has 0 amide bonds. The van der Waals surface area contributed by atoms with Gasteiger partial charge >= 0.3 is 29.6 Å². The summed E-state index contributed by atoms with van der Waals surface area (Å²) >= 11 is 0. The third-order valence-electron chi connectivity index (χ3n) is 7.17. The Morgan fingerprint density at radius 2 is 1.48 bits per heavy atom. The first-order valence-electron chi connectivity index (χ1n) is 13.5. The zero-order valence-electron chi connectivity index (χ0n) is 25.7. The Labute approximate surface area is 282 Å². The first kappa shape index (κ1) is 35.4. The number of benzene rings is 3. The zero-order valence-corrected chi connectivity index (χ0v) is 29.4. The van der Waals surface area contributed by atoms with Crippen molar-refractivity contribution >= 4 is 42.9 Å². The molecule has 1 aliphatic carbocycles. The van der Waals surface area contributed by atoms with E-state index in [0.717, 1.165) is 22.5 Å². The van der Waals surface area contributed by atoms with Crippen molar-refractivity contribution in [2.75, 3.05) is 44.5 Å². The molecule has 1 aliphatic rings. The van der Waals surface area contributed by atoms with Gasteiger partial charge < -0.3 is 14.4 Å². The van der Waals surface area contributed by atoms with Crippen LogP contribution in [-0.2, 0) is 26.8 Å². The quantitative estimate of drug-likeness (QED) is 0.212. The maximum absolute atomic E-state index is 12.8. The fourth-order valence-electron chi connectivity index (χ4n) is 4.86. The van der Waals surface area contributed by atoms with Gasteiger partial charge in [0.2, 0.25) is 0 Å². The van der Waals surface area contributed by atoms with E-state index >= 15 is 0 Å². The average Bonchev–Trinajstić information content (AvgIpc) is 2.96. The molecular weight excluding hydrogens is 609 g/mol. The van der Waals surface area contributed by atoms with Crippen LogP contribution in [0.15, 0.2) is 106 Å². The molecule has 0 spiro atoms. The van der Waals surface area contributed by atoms with Gasteiger partial charge in [0.15, 0.2) is 5.71 Å². The molecular formula is C32H35N3NaO6S2+. The maximum Gasteiger partial charge on any atom is 1.00 e. The predicted octanol–water partition coefficient (Wildman–Crippen LogP) is 1.57. The summed E-state index contributed by atoms with van der Waals surface area (Å²) < 4.78 is 73.1. The molecule has 12 heteroatoms. The van der Waals surface area contributed by atoms with Crippen LogP contribution in [0.5, 0.6) is 0 Å². The SMILES string of the molecule is CCN(Cc1cccc(S(=O)(=O)O)c1)c1ccc(C(=C2C=CC(=[N+](C)C)C=C2)c2ccc(N(C)C)cc2)c(S(=O)(=O)[O-])c1.[Na+]. The van der Waals surface area contributed by atoms with Crippen molar-refractivity contribution in [1.82, 2.24) is 0 Å². The maximum atomic E-state index is 12.8. The first-order chi connectivity index (χ1) is 20.2. The number of rotatable bonds is 9. The van der Waals surface area contributed by atoms with Crippen LogP contribution in [-0.4, -0.2) is 71.0 Å². The Kier molecular flexibility index (Phi) is 11.6. The molecule has 3 aromatic rings. The van der Waals surface area contributed by atoms with E-state index in [9.17, 15) is 25.9 Å². The molecule has 0 heterocycles. The van der Waals surface area contributed by atoms with Gasteiger partial charge in [-0.25, -0.2) is 13.0 Å². The molecule has 0 bridgehead atoms. The molecule has 0 saturated heterocycles. The second-order valence-electron chi connectivity index (χ2n) is 10.5. The van der Waals surface area contributed by atoms with Crippen LogP contribution in [0.4, 0.5) is 11.4 Å². The van der Waals surface area contributed by atoms with Gasteiger partial charge in [0.25, 0.3) is 10.1 Å². The van der Waals surface area contributed by atoms with Crippen molar-refractivity contribution in [1.29, 1.82) is 0 Å². The summed E-state index contributed by atoms with van der Waals surface area (Å²) in [5.74, 6) is 0. The van der Waals surface area contributed by atoms with Crippen molar-refractivity contribution in [3.8, 4) is 0 Å². The van der Waals surface area contributed by atoms with E-state index < -0.39 is 20.2 Å². The smallest absolute Gasteiger partial charge is 0.744 e. The molecule has 9 nitrogen and oxygen atoms in total. The predicted molar refractivity (Wildman–Crippen MR) is 170 cm³/mol. The van der Waals surface area contributed by atoms with Crippen molar-refractivity contribution in [2.45, 2.75) is 23.3 Å². The van der Waals surface area contributed by atoms with Crippen molar-refractivity contribution in [3.63, 3.8) is 0 Å². The van der Waals surface area contributed by atoms with Crippen LogP contribution < -0.4 is 39.4 Å². The Bertz CT molecular complexity index is 1860. The van der Waals surface area contributed by atoms with Crippen LogP contribution in [0.2, 0.25) is 0 Å². The normalized spacial score (nSPS) is 13.0. The molecule has 0 saturated carbocycles. The van der Waals surface area contributed by atoms with E-state index in [-0.39, 0.29) is 51.5 Å². The fraction of sp³-hybridized carbons (Fsp3) is 0.219. The summed E-state index contributed by atoms with van der Waals surface area (Å²) in [7, 11) is -1.60. The van der Waals surface area contributed by atoms with Crippen LogP contribution >= 0.6 is 0 Å². The Morgan fingerprint density at radius 1 is 0.864 bits per heavy atom. The number of nitrogens with zero attached hydrogens (tertiary/aromatic N) is 3. The molecule has 3 aromatic carbocycles. The Morgan fingerprint density at radius 3 is 2.00 bits per heavy atom. The standard InChI is InChI=1S/C32H35N3O6S2.Na/c1-6-35(22-23-8-7-9-29(20-23)42(36,37)38)28-18-19-30(31(21-28)43(39,40)41)32(24-10-14-26(15-11-24)33(2)3)25-12-16-27(17-13-25)34(4)5;/h7-21H,6,22H2,1-5H3,(H-,36,37,38,39,40,41);/q;+1. The third kappa shape index (κ3) is 8.36. The molecule has 44 heavy (non-hydrogen) atoms. The summed E-state index contributed by atoms with van der Waals surface area (Å²) in [6, 6.07) is 18.3. The molecule has 1 N–H and O–H groups in total. The molecule has 4 rings (SSSR count). The van der Waals surface area contributed by atoms with Gasteiger partial charge in [0.05, 0.1) is 9.79 Å². The Hall–Kier alpha value is -3.03. The van der Waals surface area contributed by atoms with Gasteiger partial charge in [-0.15, -0.1) is 0 Å². The molecule has 0 fully saturated rings. The monoisotopic (exact) mass is 644 g/mol. The van der Waals surface area contributed by atoms with Crippen LogP contribution in [0.1, 0.15) is 23.6 Å². The number of hydrogen-bond acceptors (Lipinski definition) is 7. The van der Waals surface area contributed by atoms with E-state index in [1.807, 2.05) is 98.1 Å². The largest absolute Gasteiger partial charge is 1.00 e. The van der Waals surface area contributed by atoms with Crippen LogP contribution in [0.25, 0.3) is 5.57 Å². The number of allylic oxidation sites excluding steroid dienone is 5. The average molecular weight is 645 g/mol. The zero-order chi connectivity index (χ0) is 31.5. The summed E-state index contributed by atoms with van der Waals surface area (Å²) in [4.78, 5) is 3.18. The van der Waals surface area contributed by atoms with E-state index in [4.69, 9.17) is 0 Å². The van der Waals surface area contributed by atoms with Gasteiger partial charge in [-0.2, -0.15) is 8.42 Å². The van der Waals surface area contributed by atoms with Gasteiger partial charge in [-0.3, -0.25) is 4.55 Å².